The second-order valence-corrected chi connectivity index (χ2v) is 8.16. The molecule has 1 amide bonds. The first-order valence-electron chi connectivity index (χ1n) is 10.4. The third kappa shape index (κ3) is 4.91. The molecule has 0 spiro atoms. The highest BCUT2D eigenvalue weighted by Crippen LogP contribution is 2.29. The predicted octanol–water partition coefficient (Wildman–Crippen LogP) is 4.34. The Labute approximate surface area is 172 Å². The predicted molar refractivity (Wildman–Crippen MR) is 113 cm³/mol. The van der Waals surface area contributed by atoms with Crippen LogP contribution in [0, 0.1) is 0 Å². The summed E-state index contributed by atoms with van der Waals surface area (Å²) in [6, 6.07) is 14.2. The summed E-state index contributed by atoms with van der Waals surface area (Å²) in [5.41, 5.74) is 1.27. The first kappa shape index (κ1) is 21.2. The number of para-hydroxylation sites is 1. The Balaban J connectivity index is 1.80. The Kier molecular flexibility index (Phi) is 6.80. The van der Waals surface area contributed by atoms with Gasteiger partial charge < -0.3 is 19.8 Å². The van der Waals surface area contributed by atoms with Crippen LogP contribution in [-0.4, -0.2) is 46.3 Å². The van der Waals surface area contributed by atoms with Crippen molar-refractivity contribution in [1.82, 2.24) is 4.90 Å². The smallest absolute Gasteiger partial charge is 0.257 e. The number of aliphatic hydroxyl groups is 1. The highest BCUT2D eigenvalue weighted by molar-refractivity contribution is 5.97. The first-order valence-corrected chi connectivity index (χ1v) is 10.4. The van der Waals surface area contributed by atoms with Crippen LogP contribution in [0.4, 0.5) is 0 Å². The van der Waals surface area contributed by atoms with Gasteiger partial charge in [0.15, 0.2) is 0 Å². The van der Waals surface area contributed by atoms with Crippen LogP contribution in [0.5, 0.6) is 11.5 Å². The number of likely N-dealkylation sites (N-methyl/N-ethyl adjacent to an activating group) is 1. The van der Waals surface area contributed by atoms with Gasteiger partial charge in [0, 0.05) is 7.05 Å². The molecular weight excluding hydrogens is 366 g/mol. The fraction of sp³-hybridized carbons (Fsp3) is 0.458. The number of ether oxygens (including phenoxy) is 1. The molecule has 0 radical (unpaired) electrons. The molecule has 0 aromatic heterocycles. The Bertz CT molecular complexity index is 821. The van der Waals surface area contributed by atoms with E-state index in [4.69, 9.17) is 4.74 Å². The van der Waals surface area contributed by atoms with Crippen LogP contribution in [0.15, 0.2) is 48.5 Å². The number of benzene rings is 2. The zero-order chi connectivity index (χ0) is 21.0. The van der Waals surface area contributed by atoms with Crippen LogP contribution in [0.25, 0.3) is 0 Å². The van der Waals surface area contributed by atoms with E-state index in [9.17, 15) is 15.0 Å². The van der Waals surface area contributed by atoms with Crippen molar-refractivity contribution in [3.8, 4) is 11.5 Å². The van der Waals surface area contributed by atoms with Gasteiger partial charge in [-0.05, 0) is 55.0 Å². The van der Waals surface area contributed by atoms with E-state index in [1.807, 2.05) is 50.2 Å². The van der Waals surface area contributed by atoms with Gasteiger partial charge in [0.25, 0.3) is 5.91 Å². The van der Waals surface area contributed by atoms with Crippen molar-refractivity contribution >= 4 is 5.91 Å². The summed E-state index contributed by atoms with van der Waals surface area (Å²) in [4.78, 5) is 14.7. The number of hydrogen-bond donors (Lipinski definition) is 2. The van der Waals surface area contributed by atoms with Gasteiger partial charge >= 0.3 is 0 Å². The summed E-state index contributed by atoms with van der Waals surface area (Å²) in [5.74, 6) is 0.647. The van der Waals surface area contributed by atoms with Crippen molar-refractivity contribution in [3.63, 3.8) is 0 Å². The van der Waals surface area contributed by atoms with Gasteiger partial charge in [-0.1, -0.05) is 44.5 Å². The summed E-state index contributed by atoms with van der Waals surface area (Å²) in [7, 11) is 1.70. The summed E-state index contributed by atoms with van der Waals surface area (Å²) in [6.07, 6.45) is 2.09. The maximum absolute atomic E-state index is 13.2. The molecule has 5 nitrogen and oxygen atoms in total. The first-order chi connectivity index (χ1) is 13.9. The SMILES string of the molecule is CC(C)c1ccc(O)c(C(=O)N(C)[C@@H]2CCCC[C@@H](Oc3ccccc3)[C@@H]2O)c1. The minimum atomic E-state index is -0.804. The lowest BCUT2D eigenvalue weighted by molar-refractivity contribution is -0.0143. The molecule has 2 aromatic carbocycles. The van der Waals surface area contributed by atoms with Crippen LogP contribution in [-0.2, 0) is 0 Å². The molecule has 2 N–H and O–H groups in total. The molecule has 1 fully saturated rings. The van der Waals surface area contributed by atoms with Gasteiger partial charge in [-0.2, -0.15) is 0 Å². The van der Waals surface area contributed by atoms with E-state index in [1.54, 1.807) is 24.1 Å². The number of aromatic hydroxyl groups is 1. The summed E-state index contributed by atoms with van der Waals surface area (Å²) < 4.78 is 6.05. The summed E-state index contributed by atoms with van der Waals surface area (Å²) >= 11 is 0. The number of phenols is 1. The number of amides is 1. The van der Waals surface area contributed by atoms with Gasteiger partial charge in [0.2, 0.25) is 0 Å². The van der Waals surface area contributed by atoms with Crippen molar-refractivity contribution in [1.29, 1.82) is 0 Å². The number of nitrogens with zero attached hydrogens (tertiary/aromatic N) is 1. The van der Waals surface area contributed by atoms with Crippen LogP contribution >= 0.6 is 0 Å². The van der Waals surface area contributed by atoms with Crippen LogP contribution in [0.2, 0.25) is 0 Å². The number of carbonyl (C=O) groups excluding carboxylic acids is 1. The van der Waals surface area contributed by atoms with Gasteiger partial charge in [0.05, 0.1) is 11.6 Å². The molecule has 0 aliphatic heterocycles. The zero-order valence-corrected chi connectivity index (χ0v) is 17.4. The van der Waals surface area contributed by atoms with Crippen LogP contribution in [0.1, 0.15) is 61.4 Å². The fourth-order valence-corrected chi connectivity index (χ4v) is 3.94. The van der Waals surface area contributed by atoms with Crippen molar-refractivity contribution in [3.05, 3.63) is 59.7 Å². The topological polar surface area (TPSA) is 70.0 Å². The Morgan fingerprint density at radius 1 is 1.10 bits per heavy atom. The Morgan fingerprint density at radius 2 is 1.79 bits per heavy atom. The second-order valence-electron chi connectivity index (χ2n) is 8.16. The molecule has 3 rings (SSSR count). The van der Waals surface area contributed by atoms with E-state index in [2.05, 4.69) is 0 Å². The third-order valence-electron chi connectivity index (χ3n) is 5.78. The van der Waals surface area contributed by atoms with Crippen molar-refractivity contribution in [2.45, 2.75) is 63.7 Å². The molecule has 3 atom stereocenters. The summed E-state index contributed by atoms with van der Waals surface area (Å²) in [5, 5.41) is 21.3. The average Bonchev–Trinajstić information content (AvgIpc) is 2.89. The monoisotopic (exact) mass is 397 g/mol. The number of carbonyl (C=O) groups is 1. The normalized spacial score (nSPS) is 22.2. The second kappa shape index (κ2) is 9.31. The Hall–Kier alpha value is -2.53. The van der Waals surface area contributed by atoms with Crippen LogP contribution in [0.3, 0.4) is 0 Å². The van der Waals surface area contributed by atoms with E-state index in [1.165, 1.54) is 0 Å². The van der Waals surface area contributed by atoms with E-state index in [0.29, 0.717) is 12.2 Å². The molecule has 0 heterocycles. The lowest BCUT2D eigenvalue weighted by Gasteiger charge is -2.34. The average molecular weight is 398 g/mol. The van der Waals surface area contributed by atoms with E-state index in [0.717, 1.165) is 24.8 Å². The third-order valence-corrected chi connectivity index (χ3v) is 5.78. The van der Waals surface area contributed by atoms with Gasteiger partial charge in [-0.25, -0.2) is 0 Å². The molecule has 0 saturated heterocycles. The van der Waals surface area contributed by atoms with Crippen molar-refractivity contribution in [2.75, 3.05) is 7.05 Å². The molecule has 29 heavy (non-hydrogen) atoms. The van der Waals surface area contributed by atoms with E-state index < -0.39 is 6.10 Å². The van der Waals surface area contributed by atoms with E-state index in [-0.39, 0.29) is 35.3 Å². The van der Waals surface area contributed by atoms with Gasteiger partial charge in [-0.15, -0.1) is 0 Å². The maximum Gasteiger partial charge on any atom is 0.257 e. The fourth-order valence-electron chi connectivity index (χ4n) is 3.94. The van der Waals surface area contributed by atoms with Crippen LogP contribution < -0.4 is 4.74 Å². The highest BCUT2D eigenvalue weighted by Gasteiger charge is 2.36. The minimum Gasteiger partial charge on any atom is -0.507 e. The molecule has 5 heteroatoms. The highest BCUT2D eigenvalue weighted by atomic mass is 16.5. The molecule has 156 valence electrons. The molecule has 2 aromatic rings. The summed E-state index contributed by atoms with van der Waals surface area (Å²) in [6.45, 7) is 4.09. The van der Waals surface area contributed by atoms with Gasteiger partial charge in [-0.3, -0.25) is 4.79 Å². The number of rotatable bonds is 5. The quantitative estimate of drug-likeness (QED) is 0.737. The lowest BCUT2D eigenvalue weighted by Crippen LogP contribution is -2.50. The largest absolute Gasteiger partial charge is 0.507 e. The molecule has 1 aliphatic rings. The molecule has 1 aliphatic carbocycles. The lowest BCUT2D eigenvalue weighted by atomic mass is 9.98. The maximum atomic E-state index is 13.2. The Morgan fingerprint density at radius 3 is 2.48 bits per heavy atom. The molecule has 1 saturated carbocycles. The standard InChI is InChI=1S/C24H31NO4/c1-16(2)17-13-14-21(26)19(15-17)24(28)25(3)20-11-7-8-12-22(23(20)27)29-18-9-5-4-6-10-18/h4-6,9-10,13-16,20,22-23,26-27H,7-8,11-12H2,1-3H3/t20-,22-,23-/m1/s1. The minimum absolute atomic E-state index is 0.0357. The number of phenolic OH excluding ortho intramolecular Hbond substituents is 1. The zero-order valence-electron chi connectivity index (χ0n) is 17.4. The number of hydrogen-bond acceptors (Lipinski definition) is 4. The van der Waals surface area contributed by atoms with Crippen molar-refractivity contribution < 1.29 is 19.7 Å². The number of aliphatic hydroxyl groups excluding tert-OH is 1. The van der Waals surface area contributed by atoms with Crippen molar-refractivity contribution in [2.24, 2.45) is 0 Å². The molecular formula is C24H31NO4. The molecule has 0 unspecified atom stereocenters. The molecule has 0 bridgehead atoms. The van der Waals surface area contributed by atoms with Gasteiger partial charge in [0.1, 0.15) is 23.7 Å². The van der Waals surface area contributed by atoms with E-state index >= 15 is 0 Å².